The Balaban J connectivity index is 1.66. The molecule has 0 aliphatic carbocycles. The van der Waals surface area contributed by atoms with Gasteiger partial charge in [0, 0.05) is 37.1 Å². The zero-order chi connectivity index (χ0) is 16.4. The third kappa shape index (κ3) is 3.19. The van der Waals surface area contributed by atoms with E-state index in [-0.39, 0.29) is 18.7 Å². The van der Waals surface area contributed by atoms with Crippen LogP contribution in [0.3, 0.4) is 0 Å². The highest BCUT2D eigenvalue weighted by Crippen LogP contribution is 2.31. The van der Waals surface area contributed by atoms with Gasteiger partial charge in [-0.15, -0.1) is 11.3 Å². The number of alkyl halides is 2. The van der Waals surface area contributed by atoms with Crippen LogP contribution in [0.15, 0.2) is 35.7 Å². The maximum Gasteiger partial charge on any atom is 0.349 e. The maximum atomic E-state index is 14.3. The highest BCUT2D eigenvalue weighted by molar-refractivity contribution is 7.13. The van der Waals surface area contributed by atoms with E-state index in [2.05, 4.69) is 4.98 Å². The topological polar surface area (TPSA) is 36.4 Å². The van der Waals surface area contributed by atoms with Crippen LogP contribution in [-0.2, 0) is 10.7 Å². The summed E-state index contributed by atoms with van der Waals surface area (Å²) >= 11 is 1.53. The van der Waals surface area contributed by atoms with E-state index in [0.29, 0.717) is 13.1 Å². The first-order chi connectivity index (χ1) is 11.0. The van der Waals surface area contributed by atoms with Gasteiger partial charge in [0.05, 0.1) is 5.69 Å². The van der Waals surface area contributed by atoms with Gasteiger partial charge in [0.25, 0.3) is 5.91 Å². The van der Waals surface area contributed by atoms with Crippen LogP contribution >= 0.6 is 11.3 Å². The highest BCUT2D eigenvalue weighted by atomic mass is 32.1. The molecule has 2 heterocycles. The van der Waals surface area contributed by atoms with Crippen molar-refractivity contribution in [2.45, 2.75) is 12.8 Å². The van der Waals surface area contributed by atoms with Gasteiger partial charge in [-0.2, -0.15) is 8.78 Å². The molecule has 2 aromatic rings. The van der Waals surface area contributed by atoms with E-state index >= 15 is 0 Å². The summed E-state index contributed by atoms with van der Waals surface area (Å²) < 4.78 is 28.7. The number of halogens is 2. The Morgan fingerprint density at radius 2 is 1.83 bits per heavy atom. The Hall–Kier alpha value is -2.02. The smallest absolute Gasteiger partial charge is 0.345 e. The van der Waals surface area contributed by atoms with E-state index in [0.717, 1.165) is 10.8 Å². The summed E-state index contributed by atoms with van der Waals surface area (Å²) in [5.74, 6) is -4.61. The zero-order valence-corrected chi connectivity index (χ0v) is 13.5. The van der Waals surface area contributed by atoms with Gasteiger partial charge in [0.15, 0.2) is 5.13 Å². The number of benzene rings is 1. The summed E-state index contributed by atoms with van der Waals surface area (Å²) in [6, 6.07) is 7.25. The van der Waals surface area contributed by atoms with Gasteiger partial charge in [-0.05, 0) is 6.92 Å². The second-order valence-electron chi connectivity index (χ2n) is 5.49. The number of amides is 1. The summed E-state index contributed by atoms with van der Waals surface area (Å²) in [7, 11) is 0. The second-order valence-corrected chi connectivity index (χ2v) is 6.33. The fourth-order valence-corrected chi connectivity index (χ4v) is 3.41. The molecule has 1 fully saturated rings. The van der Waals surface area contributed by atoms with Crippen molar-refractivity contribution in [1.29, 1.82) is 0 Å². The zero-order valence-electron chi connectivity index (χ0n) is 12.7. The first-order valence-electron chi connectivity index (χ1n) is 7.38. The summed E-state index contributed by atoms with van der Waals surface area (Å²) in [6.45, 7) is 3.51. The lowest BCUT2D eigenvalue weighted by molar-refractivity contribution is -0.159. The van der Waals surface area contributed by atoms with Crippen LogP contribution in [0, 0.1) is 6.92 Å². The van der Waals surface area contributed by atoms with Crippen LogP contribution in [0.5, 0.6) is 0 Å². The van der Waals surface area contributed by atoms with E-state index in [4.69, 9.17) is 0 Å². The molecule has 0 bridgehead atoms. The lowest BCUT2D eigenvalue weighted by atomic mass is 10.1. The summed E-state index contributed by atoms with van der Waals surface area (Å²) in [5.41, 5.74) is 0.682. The minimum absolute atomic E-state index is 0.261. The normalized spacial score (nSPS) is 15.8. The number of thiazole rings is 1. The SMILES string of the molecule is Cc1csc(N2CCN(C(=O)C(F)(F)c3ccccc3)CC2)n1. The Kier molecular flexibility index (Phi) is 4.30. The quantitative estimate of drug-likeness (QED) is 0.864. The van der Waals surface area contributed by atoms with Crippen molar-refractivity contribution in [2.75, 3.05) is 31.1 Å². The standard InChI is InChI=1S/C16H17F2N3OS/c1-12-11-23-15(19-12)21-9-7-20(8-10-21)14(22)16(17,18)13-5-3-2-4-6-13/h2-6,11H,7-10H2,1H3. The van der Waals surface area contributed by atoms with E-state index < -0.39 is 11.8 Å². The van der Waals surface area contributed by atoms with Gasteiger partial charge in [-0.3, -0.25) is 4.79 Å². The van der Waals surface area contributed by atoms with Crippen LogP contribution in [-0.4, -0.2) is 42.0 Å². The van der Waals surface area contributed by atoms with Crippen LogP contribution in [0.1, 0.15) is 11.3 Å². The largest absolute Gasteiger partial charge is 0.349 e. The van der Waals surface area contributed by atoms with Gasteiger partial charge < -0.3 is 9.80 Å². The molecular weight excluding hydrogens is 320 g/mol. The van der Waals surface area contributed by atoms with Gasteiger partial charge in [-0.1, -0.05) is 30.3 Å². The molecule has 0 unspecified atom stereocenters. The number of rotatable bonds is 3. The highest BCUT2D eigenvalue weighted by Gasteiger charge is 2.44. The van der Waals surface area contributed by atoms with Crippen molar-refractivity contribution in [1.82, 2.24) is 9.88 Å². The van der Waals surface area contributed by atoms with Crippen molar-refractivity contribution in [3.63, 3.8) is 0 Å². The van der Waals surface area contributed by atoms with Crippen molar-refractivity contribution in [3.8, 4) is 0 Å². The molecule has 4 nitrogen and oxygen atoms in total. The van der Waals surface area contributed by atoms with Gasteiger partial charge >= 0.3 is 5.92 Å². The van der Waals surface area contributed by atoms with E-state index in [1.165, 1.54) is 40.5 Å². The van der Waals surface area contributed by atoms with Crippen molar-refractivity contribution < 1.29 is 13.6 Å². The van der Waals surface area contributed by atoms with Crippen LogP contribution in [0.4, 0.5) is 13.9 Å². The Labute approximate surface area is 137 Å². The fraction of sp³-hybridized carbons (Fsp3) is 0.375. The van der Waals surface area contributed by atoms with Crippen molar-refractivity contribution >= 4 is 22.4 Å². The van der Waals surface area contributed by atoms with Crippen molar-refractivity contribution in [3.05, 3.63) is 47.0 Å². The van der Waals surface area contributed by atoms with Gasteiger partial charge in [0.2, 0.25) is 0 Å². The Bertz CT molecular complexity index is 682. The molecule has 1 saturated heterocycles. The predicted molar refractivity (Wildman–Crippen MR) is 86.0 cm³/mol. The molecule has 1 aliphatic rings. The molecule has 1 aromatic carbocycles. The molecule has 122 valence electrons. The number of hydrogen-bond donors (Lipinski definition) is 0. The predicted octanol–water partition coefficient (Wildman–Crippen LogP) is 2.89. The minimum atomic E-state index is -3.48. The molecule has 23 heavy (non-hydrogen) atoms. The summed E-state index contributed by atoms with van der Waals surface area (Å²) in [5, 5.41) is 2.83. The first-order valence-corrected chi connectivity index (χ1v) is 8.26. The summed E-state index contributed by atoms with van der Waals surface area (Å²) in [6.07, 6.45) is 0. The number of aryl methyl sites for hydroxylation is 1. The number of carbonyl (C=O) groups excluding carboxylic acids is 1. The molecule has 0 atom stereocenters. The average Bonchev–Trinajstić information content (AvgIpc) is 3.01. The van der Waals surface area contributed by atoms with Crippen LogP contribution < -0.4 is 4.90 Å². The summed E-state index contributed by atoms with van der Waals surface area (Å²) in [4.78, 5) is 19.9. The number of nitrogens with zero attached hydrogens (tertiary/aromatic N) is 3. The molecule has 1 amide bonds. The minimum Gasteiger partial charge on any atom is -0.345 e. The molecule has 7 heteroatoms. The van der Waals surface area contributed by atoms with E-state index in [9.17, 15) is 13.6 Å². The number of carbonyl (C=O) groups is 1. The molecule has 0 N–H and O–H groups in total. The maximum absolute atomic E-state index is 14.3. The Morgan fingerprint density at radius 3 is 2.39 bits per heavy atom. The second kappa shape index (κ2) is 6.23. The molecule has 0 spiro atoms. The average molecular weight is 337 g/mol. The molecule has 1 aromatic heterocycles. The monoisotopic (exact) mass is 337 g/mol. The van der Waals surface area contributed by atoms with Crippen LogP contribution in [0.2, 0.25) is 0 Å². The number of aromatic nitrogens is 1. The fourth-order valence-electron chi connectivity index (χ4n) is 2.56. The number of piperazine rings is 1. The van der Waals surface area contributed by atoms with Crippen molar-refractivity contribution in [2.24, 2.45) is 0 Å². The third-order valence-electron chi connectivity index (χ3n) is 3.85. The molecule has 3 rings (SSSR count). The third-order valence-corrected chi connectivity index (χ3v) is 4.87. The van der Waals surface area contributed by atoms with Crippen LogP contribution in [0.25, 0.3) is 0 Å². The number of anilines is 1. The number of hydrogen-bond acceptors (Lipinski definition) is 4. The molecule has 0 saturated carbocycles. The van der Waals surface area contributed by atoms with Gasteiger partial charge in [0.1, 0.15) is 0 Å². The molecular formula is C16H17F2N3OS. The molecule has 0 radical (unpaired) electrons. The Morgan fingerprint density at radius 1 is 1.17 bits per heavy atom. The lowest BCUT2D eigenvalue weighted by Crippen LogP contribution is -2.52. The first kappa shape index (κ1) is 15.9. The molecule has 1 aliphatic heterocycles. The van der Waals surface area contributed by atoms with E-state index in [1.807, 2.05) is 17.2 Å². The van der Waals surface area contributed by atoms with E-state index in [1.54, 1.807) is 6.07 Å². The lowest BCUT2D eigenvalue weighted by Gasteiger charge is -2.36. The van der Waals surface area contributed by atoms with Gasteiger partial charge in [-0.25, -0.2) is 4.98 Å².